The number of nitrogens with zero attached hydrogens (tertiary/aromatic N) is 5. The van der Waals surface area contributed by atoms with Gasteiger partial charge in [-0.3, -0.25) is 4.79 Å². The molecule has 2 aromatic carbocycles. The third kappa shape index (κ3) is 4.21. The zero-order valence-electron chi connectivity index (χ0n) is 15.7. The molecule has 0 fully saturated rings. The van der Waals surface area contributed by atoms with Crippen molar-refractivity contribution in [3.8, 4) is 17.1 Å². The van der Waals surface area contributed by atoms with E-state index in [1.54, 1.807) is 19.1 Å². The first-order chi connectivity index (χ1) is 14.0. The lowest BCUT2D eigenvalue weighted by atomic mass is 10.1. The average molecular weight is 412 g/mol. The number of carbonyl (C=O) groups is 1. The lowest BCUT2D eigenvalue weighted by Gasteiger charge is -2.00. The maximum atomic E-state index is 13.4. The van der Waals surface area contributed by atoms with E-state index in [2.05, 4.69) is 25.7 Å². The fraction of sp³-hybridized carbons (Fsp3) is 0.211. The van der Waals surface area contributed by atoms with E-state index in [-0.39, 0.29) is 18.3 Å². The summed E-state index contributed by atoms with van der Waals surface area (Å²) >= 11 is 1.36. The van der Waals surface area contributed by atoms with Crippen molar-refractivity contribution in [2.45, 2.75) is 20.4 Å². The van der Waals surface area contributed by atoms with Gasteiger partial charge >= 0.3 is 0 Å². The van der Waals surface area contributed by atoms with E-state index in [0.717, 1.165) is 16.0 Å². The molecule has 1 amide bonds. The van der Waals surface area contributed by atoms with Crippen LogP contribution in [0.25, 0.3) is 21.6 Å². The third-order valence-corrected chi connectivity index (χ3v) is 5.00. The SMILES string of the molecule is CCOc1ccc2nc(NC(=O)Cn3nnc(-c4ccc(F)c(C)c4)n3)sc2c1. The molecular formula is C19H17FN6O2S. The summed E-state index contributed by atoms with van der Waals surface area (Å²) < 4.78 is 19.8. The van der Waals surface area contributed by atoms with Crippen molar-refractivity contribution in [2.75, 3.05) is 11.9 Å². The fourth-order valence-corrected chi connectivity index (χ4v) is 3.62. The number of tetrazole rings is 1. The molecule has 0 unspecified atom stereocenters. The van der Waals surface area contributed by atoms with Crippen LogP contribution in [0.2, 0.25) is 0 Å². The highest BCUT2D eigenvalue weighted by atomic mass is 32.1. The van der Waals surface area contributed by atoms with Crippen LogP contribution in [0.1, 0.15) is 12.5 Å². The number of amides is 1. The fourth-order valence-electron chi connectivity index (χ4n) is 2.71. The number of carbonyl (C=O) groups excluding carboxylic acids is 1. The van der Waals surface area contributed by atoms with Gasteiger partial charge in [0.15, 0.2) is 5.13 Å². The highest BCUT2D eigenvalue weighted by Crippen LogP contribution is 2.29. The zero-order chi connectivity index (χ0) is 20.4. The largest absolute Gasteiger partial charge is 0.494 e. The van der Waals surface area contributed by atoms with Crippen molar-refractivity contribution in [1.82, 2.24) is 25.2 Å². The highest BCUT2D eigenvalue weighted by Gasteiger charge is 2.13. The minimum absolute atomic E-state index is 0.118. The predicted molar refractivity (Wildman–Crippen MR) is 107 cm³/mol. The van der Waals surface area contributed by atoms with Crippen LogP contribution >= 0.6 is 11.3 Å². The molecule has 0 spiro atoms. The number of halogens is 1. The van der Waals surface area contributed by atoms with Gasteiger partial charge in [-0.2, -0.15) is 4.80 Å². The standard InChI is InChI=1S/C19H17FN6O2S/c1-3-28-13-5-7-15-16(9-13)29-19(21-15)22-17(27)10-26-24-18(23-25-26)12-4-6-14(20)11(2)8-12/h4-9H,3,10H2,1-2H3,(H,21,22,27). The number of aryl methyl sites for hydroxylation is 1. The number of aromatic nitrogens is 5. The first-order valence-electron chi connectivity index (χ1n) is 8.89. The van der Waals surface area contributed by atoms with Gasteiger partial charge in [-0.15, -0.1) is 10.2 Å². The van der Waals surface area contributed by atoms with Crippen LogP contribution in [0.3, 0.4) is 0 Å². The number of hydrogen-bond acceptors (Lipinski definition) is 7. The van der Waals surface area contributed by atoms with Crippen molar-refractivity contribution in [3.05, 3.63) is 47.8 Å². The van der Waals surface area contributed by atoms with E-state index in [4.69, 9.17) is 4.74 Å². The molecule has 0 saturated heterocycles. The van der Waals surface area contributed by atoms with Gasteiger partial charge in [0.2, 0.25) is 11.7 Å². The normalized spacial score (nSPS) is 11.0. The second-order valence-electron chi connectivity index (χ2n) is 6.24. The Bertz CT molecular complexity index is 1190. The monoisotopic (exact) mass is 412 g/mol. The first-order valence-corrected chi connectivity index (χ1v) is 9.71. The number of ether oxygens (including phenoxy) is 1. The van der Waals surface area contributed by atoms with Gasteiger partial charge in [-0.1, -0.05) is 11.3 Å². The van der Waals surface area contributed by atoms with Crippen LogP contribution in [-0.2, 0) is 11.3 Å². The molecule has 0 bridgehead atoms. The predicted octanol–water partition coefficient (Wildman–Crippen LogP) is 3.43. The summed E-state index contributed by atoms with van der Waals surface area (Å²) in [4.78, 5) is 17.9. The summed E-state index contributed by atoms with van der Waals surface area (Å²) in [6, 6.07) is 10.1. The number of hydrogen-bond donors (Lipinski definition) is 1. The Morgan fingerprint density at radius 2 is 2.14 bits per heavy atom. The maximum Gasteiger partial charge on any atom is 0.249 e. The van der Waals surface area contributed by atoms with Crippen molar-refractivity contribution >= 4 is 32.6 Å². The van der Waals surface area contributed by atoms with E-state index >= 15 is 0 Å². The third-order valence-electron chi connectivity index (χ3n) is 4.07. The molecule has 2 heterocycles. The molecule has 1 N–H and O–H groups in total. The molecule has 0 aliphatic heterocycles. The van der Waals surface area contributed by atoms with Crippen molar-refractivity contribution in [2.24, 2.45) is 0 Å². The molecule has 2 aromatic heterocycles. The molecule has 4 rings (SSSR count). The van der Waals surface area contributed by atoms with E-state index in [9.17, 15) is 9.18 Å². The van der Waals surface area contributed by atoms with Crippen molar-refractivity contribution in [1.29, 1.82) is 0 Å². The van der Waals surface area contributed by atoms with Gasteiger partial charge in [-0.05, 0) is 61.0 Å². The minimum Gasteiger partial charge on any atom is -0.494 e. The molecule has 8 nitrogen and oxygen atoms in total. The molecule has 0 radical (unpaired) electrons. The van der Waals surface area contributed by atoms with E-state index in [1.807, 2.05) is 25.1 Å². The number of anilines is 1. The Hall–Kier alpha value is -3.40. The van der Waals surface area contributed by atoms with Gasteiger partial charge < -0.3 is 10.1 Å². The van der Waals surface area contributed by atoms with Crippen LogP contribution < -0.4 is 10.1 Å². The number of thiazole rings is 1. The van der Waals surface area contributed by atoms with E-state index in [0.29, 0.717) is 28.7 Å². The van der Waals surface area contributed by atoms with Crippen LogP contribution in [0.5, 0.6) is 5.75 Å². The number of fused-ring (bicyclic) bond motifs is 1. The second-order valence-corrected chi connectivity index (χ2v) is 7.27. The summed E-state index contributed by atoms with van der Waals surface area (Å²) in [6.07, 6.45) is 0. The van der Waals surface area contributed by atoms with Gasteiger partial charge in [0.1, 0.15) is 18.1 Å². The maximum absolute atomic E-state index is 13.4. The van der Waals surface area contributed by atoms with Gasteiger partial charge in [0.05, 0.1) is 16.8 Å². The average Bonchev–Trinajstić information content (AvgIpc) is 3.30. The quantitative estimate of drug-likeness (QED) is 0.521. The summed E-state index contributed by atoms with van der Waals surface area (Å²) in [6.45, 7) is 4.04. The van der Waals surface area contributed by atoms with Crippen molar-refractivity contribution in [3.63, 3.8) is 0 Å². The molecular weight excluding hydrogens is 395 g/mol. The zero-order valence-corrected chi connectivity index (χ0v) is 16.5. The van der Waals surface area contributed by atoms with Gasteiger partial charge in [0, 0.05) is 5.56 Å². The number of rotatable bonds is 6. The lowest BCUT2D eigenvalue weighted by Crippen LogP contribution is -2.20. The summed E-state index contributed by atoms with van der Waals surface area (Å²) in [7, 11) is 0. The number of benzene rings is 2. The van der Waals surface area contributed by atoms with Crippen molar-refractivity contribution < 1.29 is 13.9 Å². The van der Waals surface area contributed by atoms with E-state index < -0.39 is 0 Å². The van der Waals surface area contributed by atoms with E-state index in [1.165, 1.54) is 22.2 Å². The Balaban J connectivity index is 1.44. The Kier molecular flexibility index (Phi) is 5.17. The number of nitrogens with one attached hydrogen (secondary N) is 1. The molecule has 0 atom stereocenters. The summed E-state index contributed by atoms with van der Waals surface area (Å²) in [5, 5.41) is 15.2. The topological polar surface area (TPSA) is 94.8 Å². The Morgan fingerprint density at radius 3 is 2.93 bits per heavy atom. The summed E-state index contributed by atoms with van der Waals surface area (Å²) in [5.41, 5.74) is 1.90. The Labute approximate surface area is 169 Å². The van der Waals surface area contributed by atoms with Crippen LogP contribution in [0.4, 0.5) is 9.52 Å². The van der Waals surface area contributed by atoms with Gasteiger partial charge in [0.25, 0.3) is 0 Å². The minimum atomic E-state index is -0.326. The molecule has 4 aromatic rings. The molecule has 10 heteroatoms. The molecule has 0 aliphatic rings. The van der Waals surface area contributed by atoms with Crippen LogP contribution in [0, 0.1) is 12.7 Å². The Morgan fingerprint density at radius 1 is 1.28 bits per heavy atom. The second kappa shape index (κ2) is 7.92. The van der Waals surface area contributed by atoms with Crippen LogP contribution in [-0.4, -0.2) is 37.7 Å². The first kappa shape index (κ1) is 18.9. The molecule has 148 valence electrons. The van der Waals surface area contributed by atoms with Gasteiger partial charge in [-0.25, -0.2) is 9.37 Å². The molecule has 0 aliphatic carbocycles. The highest BCUT2D eigenvalue weighted by molar-refractivity contribution is 7.22. The molecule has 0 saturated carbocycles. The smallest absolute Gasteiger partial charge is 0.249 e. The van der Waals surface area contributed by atoms with Crippen LogP contribution in [0.15, 0.2) is 36.4 Å². The summed E-state index contributed by atoms with van der Waals surface area (Å²) in [5.74, 6) is 0.458. The lowest BCUT2D eigenvalue weighted by molar-refractivity contribution is -0.117. The molecule has 29 heavy (non-hydrogen) atoms.